The van der Waals surface area contributed by atoms with Crippen molar-refractivity contribution in [1.29, 1.82) is 0 Å². The van der Waals surface area contributed by atoms with Crippen molar-refractivity contribution in [3.8, 4) is 0 Å². The number of carbonyl (C=O) groups excluding carboxylic acids is 2. The number of hydrogen-bond acceptors (Lipinski definition) is 7. The van der Waals surface area contributed by atoms with Gasteiger partial charge in [-0.3, -0.25) is 9.59 Å². The molecular formula is C22H28N4O5S2. The number of nitrogens with one attached hydrogen (secondary N) is 2. The topological polar surface area (TPSA) is 108 Å². The molecule has 1 fully saturated rings. The third-order valence-electron chi connectivity index (χ3n) is 5.97. The Morgan fingerprint density at radius 1 is 1.15 bits per heavy atom. The van der Waals surface area contributed by atoms with Crippen LogP contribution in [0.3, 0.4) is 0 Å². The van der Waals surface area contributed by atoms with E-state index >= 15 is 0 Å². The molecule has 0 spiro atoms. The lowest BCUT2D eigenvalue weighted by molar-refractivity contribution is 0.0962. The fraction of sp³-hybridized carbons (Fsp3) is 0.455. The maximum atomic E-state index is 13.0. The lowest BCUT2D eigenvalue weighted by atomic mass is 10.0. The SMILES string of the molecule is CNC(=O)c1c(NC(=O)c2ccc(S(=O)(=O)N3COCC3(C)C)cc2)sc2c1CCN(C)C2. The van der Waals surface area contributed by atoms with E-state index in [9.17, 15) is 18.0 Å². The number of rotatable bonds is 5. The normalized spacial score (nSPS) is 18.7. The van der Waals surface area contributed by atoms with E-state index in [1.807, 2.05) is 20.9 Å². The molecule has 9 nitrogen and oxygen atoms in total. The van der Waals surface area contributed by atoms with E-state index in [0.29, 0.717) is 22.7 Å². The molecule has 0 unspecified atom stereocenters. The largest absolute Gasteiger partial charge is 0.363 e. The zero-order chi connectivity index (χ0) is 24.0. The predicted octanol–water partition coefficient (Wildman–Crippen LogP) is 2.10. The molecule has 0 aliphatic carbocycles. The fourth-order valence-corrected chi connectivity index (χ4v) is 7.06. The number of ether oxygens (including phenoxy) is 1. The van der Waals surface area contributed by atoms with Gasteiger partial charge in [0.15, 0.2) is 0 Å². The molecule has 11 heteroatoms. The summed E-state index contributed by atoms with van der Waals surface area (Å²) in [5.74, 6) is -0.634. The first-order chi connectivity index (χ1) is 15.5. The fourth-order valence-electron chi connectivity index (χ4n) is 4.09. The number of anilines is 1. The van der Waals surface area contributed by atoms with Gasteiger partial charge in [-0.2, -0.15) is 4.31 Å². The second kappa shape index (κ2) is 8.80. The number of fused-ring (bicyclic) bond motifs is 1. The molecule has 2 aliphatic heterocycles. The summed E-state index contributed by atoms with van der Waals surface area (Å²) in [7, 11) is -0.168. The number of likely N-dealkylation sites (N-methyl/N-ethyl adjacent to an activating group) is 1. The van der Waals surface area contributed by atoms with Crippen LogP contribution < -0.4 is 10.6 Å². The van der Waals surface area contributed by atoms with Crippen molar-refractivity contribution >= 4 is 38.2 Å². The van der Waals surface area contributed by atoms with E-state index < -0.39 is 21.5 Å². The van der Waals surface area contributed by atoms with Crippen LogP contribution in [0, 0.1) is 0 Å². The summed E-state index contributed by atoms with van der Waals surface area (Å²) in [4.78, 5) is 28.8. The Bertz CT molecular complexity index is 1190. The summed E-state index contributed by atoms with van der Waals surface area (Å²) >= 11 is 1.41. The summed E-state index contributed by atoms with van der Waals surface area (Å²) in [6.45, 7) is 5.50. The zero-order valence-corrected chi connectivity index (χ0v) is 20.7. The van der Waals surface area contributed by atoms with Gasteiger partial charge in [-0.05, 0) is 57.1 Å². The summed E-state index contributed by atoms with van der Waals surface area (Å²) < 4.78 is 32.7. The third-order valence-corrected chi connectivity index (χ3v) is 9.15. The molecule has 3 heterocycles. The van der Waals surface area contributed by atoms with Gasteiger partial charge in [0, 0.05) is 30.6 Å². The van der Waals surface area contributed by atoms with Crippen LogP contribution in [-0.4, -0.2) is 69.0 Å². The molecule has 0 radical (unpaired) electrons. The number of amides is 2. The number of sulfonamides is 1. The monoisotopic (exact) mass is 492 g/mol. The van der Waals surface area contributed by atoms with E-state index in [2.05, 4.69) is 15.5 Å². The smallest absolute Gasteiger partial charge is 0.256 e. The van der Waals surface area contributed by atoms with Crippen LogP contribution in [0.1, 0.15) is 45.0 Å². The highest BCUT2D eigenvalue weighted by molar-refractivity contribution is 7.89. The number of hydrogen-bond donors (Lipinski definition) is 2. The van der Waals surface area contributed by atoms with Crippen LogP contribution in [0.25, 0.3) is 0 Å². The van der Waals surface area contributed by atoms with Crippen molar-refractivity contribution in [2.75, 3.05) is 39.3 Å². The molecule has 33 heavy (non-hydrogen) atoms. The Kier molecular flexibility index (Phi) is 6.36. The Hall–Kier alpha value is -2.31. The predicted molar refractivity (Wildman–Crippen MR) is 126 cm³/mol. The standard InChI is InChI=1S/C22H28N4O5S2/c1-22(2)12-31-13-26(22)33(29,30)15-7-5-14(6-8-15)19(27)24-21-18(20(28)23-3)16-9-10-25(4)11-17(16)32-21/h5-8H,9-13H2,1-4H3,(H,23,28)(H,24,27). The van der Waals surface area contributed by atoms with Gasteiger partial charge in [-0.25, -0.2) is 8.42 Å². The van der Waals surface area contributed by atoms with Crippen LogP contribution in [0.4, 0.5) is 5.00 Å². The number of benzene rings is 1. The number of nitrogens with zero attached hydrogens (tertiary/aromatic N) is 2. The molecule has 178 valence electrons. The lowest BCUT2D eigenvalue weighted by Crippen LogP contribution is -2.44. The van der Waals surface area contributed by atoms with Crippen molar-refractivity contribution in [3.05, 3.63) is 45.8 Å². The van der Waals surface area contributed by atoms with Gasteiger partial charge in [0.1, 0.15) is 11.7 Å². The molecule has 2 amide bonds. The summed E-state index contributed by atoms with van der Waals surface area (Å²) in [5.41, 5.74) is 1.15. The van der Waals surface area contributed by atoms with Gasteiger partial charge in [-0.1, -0.05) is 0 Å². The van der Waals surface area contributed by atoms with E-state index in [1.54, 1.807) is 7.05 Å². The highest BCUT2D eigenvalue weighted by Crippen LogP contribution is 2.37. The molecule has 1 aromatic heterocycles. The second-order valence-corrected chi connectivity index (χ2v) is 11.9. The van der Waals surface area contributed by atoms with E-state index in [-0.39, 0.29) is 17.5 Å². The Balaban J connectivity index is 1.57. The maximum Gasteiger partial charge on any atom is 0.256 e. The third kappa shape index (κ3) is 4.43. The van der Waals surface area contributed by atoms with E-state index in [1.165, 1.54) is 39.9 Å². The first kappa shape index (κ1) is 23.8. The summed E-state index contributed by atoms with van der Waals surface area (Å²) in [5, 5.41) is 6.03. The minimum Gasteiger partial charge on any atom is -0.363 e. The minimum absolute atomic E-state index is 0.00191. The zero-order valence-electron chi connectivity index (χ0n) is 19.1. The molecule has 0 atom stereocenters. The Labute approximate surface area is 197 Å². The van der Waals surface area contributed by atoms with Gasteiger partial charge in [-0.15, -0.1) is 11.3 Å². The van der Waals surface area contributed by atoms with Crippen molar-refractivity contribution in [2.45, 2.75) is 37.2 Å². The van der Waals surface area contributed by atoms with Gasteiger partial charge >= 0.3 is 0 Å². The van der Waals surface area contributed by atoms with Crippen molar-refractivity contribution in [1.82, 2.24) is 14.5 Å². The molecule has 1 aromatic carbocycles. The summed E-state index contributed by atoms with van der Waals surface area (Å²) in [6.07, 6.45) is 0.740. The first-order valence-corrected chi connectivity index (χ1v) is 12.9. The van der Waals surface area contributed by atoms with Crippen molar-refractivity contribution < 1.29 is 22.7 Å². The van der Waals surface area contributed by atoms with Crippen LogP contribution >= 0.6 is 11.3 Å². The quantitative estimate of drug-likeness (QED) is 0.662. The van der Waals surface area contributed by atoms with Crippen LogP contribution in [0.2, 0.25) is 0 Å². The van der Waals surface area contributed by atoms with Crippen molar-refractivity contribution in [3.63, 3.8) is 0 Å². The Morgan fingerprint density at radius 2 is 1.85 bits per heavy atom. The van der Waals surface area contributed by atoms with Crippen LogP contribution in [0.5, 0.6) is 0 Å². The Morgan fingerprint density at radius 3 is 2.45 bits per heavy atom. The average molecular weight is 493 g/mol. The molecule has 2 N–H and O–H groups in total. The van der Waals surface area contributed by atoms with Gasteiger partial charge in [0.2, 0.25) is 10.0 Å². The highest BCUT2D eigenvalue weighted by atomic mass is 32.2. The highest BCUT2D eigenvalue weighted by Gasteiger charge is 2.42. The maximum absolute atomic E-state index is 13.0. The molecule has 1 saturated heterocycles. The van der Waals surface area contributed by atoms with Gasteiger partial charge in [0.05, 0.1) is 22.6 Å². The minimum atomic E-state index is -3.76. The van der Waals surface area contributed by atoms with Gasteiger partial charge in [0.25, 0.3) is 11.8 Å². The van der Waals surface area contributed by atoms with E-state index in [0.717, 1.165) is 30.0 Å². The summed E-state index contributed by atoms with van der Waals surface area (Å²) in [6, 6.07) is 5.80. The molecule has 0 saturated carbocycles. The van der Waals surface area contributed by atoms with Crippen LogP contribution in [0.15, 0.2) is 29.2 Å². The number of thiophene rings is 1. The van der Waals surface area contributed by atoms with Crippen LogP contribution in [-0.2, 0) is 27.7 Å². The van der Waals surface area contributed by atoms with E-state index in [4.69, 9.17) is 4.74 Å². The second-order valence-electron chi connectivity index (χ2n) is 8.90. The molecule has 4 rings (SSSR count). The molecular weight excluding hydrogens is 464 g/mol. The first-order valence-electron chi connectivity index (χ1n) is 10.6. The molecule has 0 bridgehead atoms. The molecule has 2 aliphatic rings. The lowest BCUT2D eigenvalue weighted by Gasteiger charge is -2.28. The average Bonchev–Trinajstić information content (AvgIpc) is 3.31. The van der Waals surface area contributed by atoms with Crippen molar-refractivity contribution in [2.24, 2.45) is 0 Å². The van der Waals surface area contributed by atoms with Gasteiger partial charge < -0.3 is 20.3 Å². The number of carbonyl (C=O) groups is 2. The molecule has 2 aromatic rings.